The van der Waals surface area contributed by atoms with Crippen LogP contribution in [-0.4, -0.2) is 52.3 Å². The minimum Gasteiger partial charge on any atom is -0.336 e. The molecule has 1 aromatic carbocycles. The van der Waals surface area contributed by atoms with Crippen molar-refractivity contribution in [3.8, 4) is 0 Å². The molecule has 5 nitrogen and oxygen atoms in total. The third-order valence-corrected chi connectivity index (χ3v) is 5.61. The van der Waals surface area contributed by atoms with Crippen LogP contribution in [0.4, 0.5) is 4.39 Å². The van der Waals surface area contributed by atoms with Gasteiger partial charge in [-0.05, 0) is 61.6 Å². The van der Waals surface area contributed by atoms with Crippen LogP contribution in [0.25, 0.3) is 0 Å². The maximum Gasteiger partial charge on any atom is 0.254 e. The van der Waals surface area contributed by atoms with Gasteiger partial charge in [-0.25, -0.2) is 4.39 Å². The molecular formula is C21H22FN3O2. The van der Waals surface area contributed by atoms with E-state index < -0.39 is 0 Å². The number of carbonyl (C=O) groups is 2. The number of aryl methyl sites for hydroxylation is 1. The topological polar surface area (TPSA) is 53.5 Å². The third-order valence-electron chi connectivity index (χ3n) is 5.61. The number of amides is 2. The number of rotatable bonds is 2. The molecule has 4 heterocycles. The van der Waals surface area contributed by atoms with Gasteiger partial charge in [-0.3, -0.25) is 14.6 Å². The van der Waals surface area contributed by atoms with Crippen LogP contribution in [0.2, 0.25) is 0 Å². The van der Waals surface area contributed by atoms with Crippen molar-refractivity contribution in [1.82, 2.24) is 14.8 Å². The van der Waals surface area contributed by atoms with Crippen LogP contribution in [0.5, 0.6) is 0 Å². The summed E-state index contributed by atoms with van der Waals surface area (Å²) in [7, 11) is 0. The van der Waals surface area contributed by atoms with E-state index in [1.54, 1.807) is 37.5 Å². The molecule has 1 aromatic heterocycles. The van der Waals surface area contributed by atoms with Gasteiger partial charge < -0.3 is 9.80 Å². The van der Waals surface area contributed by atoms with Crippen LogP contribution in [-0.2, 0) is 0 Å². The van der Waals surface area contributed by atoms with Crippen molar-refractivity contribution in [3.63, 3.8) is 0 Å². The molecule has 27 heavy (non-hydrogen) atoms. The lowest BCUT2D eigenvalue weighted by molar-refractivity contribution is 0.0573. The van der Waals surface area contributed by atoms with Crippen molar-refractivity contribution in [3.05, 3.63) is 65.2 Å². The number of hydrogen-bond donors (Lipinski definition) is 0. The molecule has 2 aromatic rings. The lowest BCUT2D eigenvalue weighted by atomic mass is 9.94. The highest BCUT2D eigenvalue weighted by Crippen LogP contribution is 2.30. The van der Waals surface area contributed by atoms with Gasteiger partial charge in [-0.2, -0.15) is 0 Å². The Morgan fingerprint density at radius 3 is 2.56 bits per heavy atom. The third kappa shape index (κ3) is 3.44. The van der Waals surface area contributed by atoms with Crippen molar-refractivity contribution in [2.45, 2.75) is 25.8 Å². The number of halogens is 1. The van der Waals surface area contributed by atoms with E-state index in [9.17, 15) is 14.0 Å². The summed E-state index contributed by atoms with van der Waals surface area (Å²) in [5.41, 5.74) is 1.80. The molecule has 0 spiro atoms. The summed E-state index contributed by atoms with van der Waals surface area (Å²) < 4.78 is 13.4. The lowest BCUT2D eigenvalue weighted by Gasteiger charge is -2.36. The number of hydrogen-bond acceptors (Lipinski definition) is 3. The van der Waals surface area contributed by atoms with Gasteiger partial charge in [-0.1, -0.05) is 0 Å². The zero-order valence-corrected chi connectivity index (χ0v) is 15.3. The number of fused-ring (bicyclic) bond motifs is 4. The first-order valence-electron chi connectivity index (χ1n) is 9.29. The average Bonchev–Trinajstić information content (AvgIpc) is 2.99. The molecule has 6 heteroatoms. The van der Waals surface area contributed by atoms with Crippen LogP contribution in [0.15, 0.2) is 42.7 Å². The number of aromatic nitrogens is 1. The Kier molecular flexibility index (Phi) is 4.64. The maximum atomic E-state index is 13.4. The van der Waals surface area contributed by atoms with Crippen LogP contribution < -0.4 is 0 Å². The molecule has 2 bridgehead atoms. The molecular weight excluding hydrogens is 345 g/mol. The molecule has 3 fully saturated rings. The van der Waals surface area contributed by atoms with E-state index in [4.69, 9.17) is 0 Å². The Morgan fingerprint density at radius 2 is 1.81 bits per heavy atom. The fourth-order valence-electron chi connectivity index (χ4n) is 4.20. The van der Waals surface area contributed by atoms with Crippen molar-refractivity contribution in [1.29, 1.82) is 0 Å². The van der Waals surface area contributed by atoms with E-state index in [2.05, 4.69) is 4.98 Å². The minimum atomic E-state index is -0.337. The molecule has 2 atom stereocenters. The van der Waals surface area contributed by atoms with Crippen LogP contribution in [0, 0.1) is 18.7 Å². The average molecular weight is 367 g/mol. The zero-order chi connectivity index (χ0) is 19.0. The Bertz CT molecular complexity index is 871. The van der Waals surface area contributed by atoms with Gasteiger partial charge >= 0.3 is 0 Å². The molecule has 140 valence electrons. The van der Waals surface area contributed by atoms with Gasteiger partial charge in [0, 0.05) is 49.2 Å². The molecule has 3 aliphatic rings. The summed E-state index contributed by atoms with van der Waals surface area (Å²) in [6.07, 6.45) is 5.13. The predicted molar refractivity (Wildman–Crippen MR) is 98.8 cm³/mol. The Hall–Kier alpha value is -2.76. The number of piperidine rings is 1. The van der Waals surface area contributed by atoms with Crippen LogP contribution in [0.3, 0.4) is 0 Å². The second kappa shape index (κ2) is 7.10. The Labute approximate surface area is 157 Å². The van der Waals surface area contributed by atoms with Gasteiger partial charge in [0.05, 0.1) is 0 Å². The standard InChI is InChI=1S/C21H22FN3O2/c1-14-10-17(22)3-5-19(14)21(27)25-12-15-2-4-18(25)13-24(11-15)20(26)16-6-8-23-9-7-16/h3,5-10,15,18H,2,4,11-13H2,1H3/t15-,18+/m0/s1. The molecule has 0 aliphatic carbocycles. The summed E-state index contributed by atoms with van der Waals surface area (Å²) in [6.45, 7) is 3.58. The minimum absolute atomic E-state index is 0.00788. The number of pyridine rings is 1. The van der Waals surface area contributed by atoms with Crippen LogP contribution in [0.1, 0.15) is 39.1 Å². The molecule has 0 radical (unpaired) electrons. The number of benzene rings is 1. The highest BCUT2D eigenvalue weighted by Gasteiger charge is 2.39. The van der Waals surface area contributed by atoms with Gasteiger partial charge in [0.2, 0.25) is 0 Å². The first-order chi connectivity index (χ1) is 13.0. The lowest BCUT2D eigenvalue weighted by Crippen LogP contribution is -2.47. The van der Waals surface area contributed by atoms with Crippen LogP contribution >= 0.6 is 0 Å². The maximum absolute atomic E-state index is 13.4. The van der Waals surface area contributed by atoms with Crippen molar-refractivity contribution >= 4 is 11.8 Å². The quantitative estimate of drug-likeness (QED) is 0.820. The summed E-state index contributed by atoms with van der Waals surface area (Å²) in [6, 6.07) is 7.72. The fourth-order valence-corrected chi connectivity index (χ4v) is 4.20. The molecule has 0 saturated carbocycles. The smallest absolute Gasteiger partial charge is 0.254 e. The van der Waals surface area contributed by atoms with Gasteiger partial charge in [0.15, 0.2) is 0 Å². The van der Waals surface area contributed by atoms with Crippen molar-refractivity contribution < 1.29 is 14.0 Å². The first-order valence-corrected chi connectivity index (χ1v) is 9.29. The van der Waals surface area contributed by atoms with Crippen molar-refractivity contribution in [2.24, 2.45) is 5.92 Å². The van der Waals surface area contributed by atoms with Gasteiger partial charge in [0.1, 0.15) is 5.82 Å². The molecule has 2 amide bonds. The predicted octanol–water partition coefficient (Wildman–Crippen LogP) is 2.91. The van der Waals surface area contributed by atoms with E-state index in [0.29, 0.717) is 36.3 Å². The van der Waals surface area contributed by atoms with E-state index >= 15 is 0 Å². The Balaban J connectivity index is 1.56. The first kappa shape index (κ1) is 17.6. The summed E-state index contributed by atoms with van der Waals surface area (Å²) in [4.78, 5) is 33.7. The highest BCUT2D eigenvalue weighted by molar-refractivity contribution is 5.96. The molecule has 3 saturated heterocycles. The largest absolute Gasteiger partial charge is 0.336 e. The van der Waals surface area contributed by atoms with E-state index in [1.807, 2.05) is 9.80 Å². The summed E-state index contributed by atoms with van der Waals surface area (Å²) in [5, 5.41) is 0. The fraction of sp³-hybridized carbons (Fsp3) is 0.381. The number of nitrogens with zero attached hydrogens (tertiary/aromatic N) is 3. The van der Waals surface area contributed by atoms with Gasteiger partial charge in [0.25, 0.3) is 11.8 Å². The normalized spacial score (nSPS) is 21.9. The summed E-state index contributed by atoms with van der Waals surface area (Å²) >= 11 is 0. The van der Waals surface area contributed by atoms with E-state index in [1.165, 1.54) is 12.1 Å². The van der Waals surface area contributed by atoms with E-state index in [0.717, 1.165) is 12.8 Å². The van der Waals surface area contributed by atoms with Crippen molar-refractivity contribution in [2.75, 3.05) is 19.6 Å². The Morgan fingerprint density at radius 1 is 1.04 bits per heavy atom. The number of carbonyl (C=O) groups excluding carboxylic acids is 2. The SMILES string of the molecule is Cc1cc(F)ccc1C(=O)N1C[C@H]2CC[C@@H]1CN(C(=O)c1ccncc1)C2. The highest BCUT2D eigenvalue weighted by atomic mass is 19.1. The molecule has 5 rings (SSSR count). The van der Waals surface area contributed by atoms with Gasteiger partial charge in [-0.15, -0.1) is 0 Å². The van der Waals surface area contributed by atoms with E-state index in [-0.39, 0.29) is 29.6 Å². The summed E-state index contributed by atoms with van der Waals surface area (Å²) in [5.74, 6) is -0.156. The molecule has 0 N–H and O–H groups in total. The second-order valence-electron chi connectivity index (χ2n) is 7.46. The zero-order valence-electron chi connectivity index (χ0n) is 15.3. The monoisotopic (exact) mass is 367 g/mol. The molecule has 3 aliphatic heterocycles. The second-order valence-corrected chi connectivity index (χ2v) is 7.46. The molecule has 0 unspecified atom stereocenters.